The smallest absolute Gasteiger partial charge is 0.161 e. The number of aliphatic imine (C=N–C) groups is 1. The van der Waals surface area contributed by atoms with Gasteiger partial charge in [-0.15, -0.1) is 0 Å². The fourth-order valence-corrected chi connectivity index (χ4v) is 2.14. The number of pyridine rings is 1. The summed E-state index contributed by atoms with van der Waals surface area (Å²) in [5.41, 5.74) is 2.45. The summed E-state index contributed by atoms with van der Waals surface area (Å²) in [5.74, 6) is 1.33. The molecule has 0 fully saturated rings. The first-order chi connectivity index (χ1) is 11.1. The number of aliphatic hydroxyl groups is 1. The van der Waals surface area contributed by atoms with Crippen LogP contribution < -0.4 is 9.47 Å². The van der Waals surface area contributed by atoms with Gasteiger partial charge in [0.25, 0.3) is 0 Å². The van der Waals surface area contributed by atoms with Crippen LogP contribution in [0.2, 0.25) is 0 Å². The number of aromatic hydroxyl groups is 1. The van der Waals surface area contributed by atoms with Gasteiger partial charge in [-0.25, -0.2) is 0 Å². The summed E-state index contributed by atoms with van der Waals surface area (Å²) >= 11 is 0. The molecule has 0 unspecified atom stereocenters. The van der Waals surface area contributed by atoms with Gasteiger partial charge < -0.3 is 19.7 Å². The molecule has 0 atom stereocenters. The Kier molecular flexibility index (Phi) is 5.54. The second-order valence-electron chi connectivity index (χ2n) is 4.95. The summed E-state index contributed by atoms with van der Waals surface area (Å²) in [7, 11) is 3.16. The van der Waals surface area contributed by atoms with Gasteiger partial charge in [-0.1, -0.05) is 6.07 Å². The first-order valence-electron chi connectivity index (χ1n) is 7.09. The fraction of sp³-hybridized carbons (Fsp3) is 0.294. The van der Waals surface area contributed by atoms with E-state index in [1.54, 1.807) is 27.4 Å². The second kappa shape index (κ2) is 7.60. The number of ether oxygens (including phenoxy) is 2. The Morgan fingerprint density at radius 1 is 1.22 bits per heavy atom. The molecule has 6 nitrogen and oxygen atoms in total. The minimum atomic E-state index is -0.210. The van der Waals surface area contributed by atoms with Gasteiger partial charge in [-0.3, -0.25) is 9.98 Å². The van der Waals surface area contributed by atoms with E-state index < -0.39 is 0 Å². The number of aryl methyl sites for hydroxylation is 1. The zero-order valence-corrected chi connectivity index (χ0v) is 13.4. The van der Waals surface area contributed by atoms with E-state index in [2.05, 4.69) is 9.98 Å². The lowest BCUT2D eigenvalue weighted by atomic mass is 10.1. The molecule has 0 radical (unpaired) electrons. The molecular formula is C17H20N2O4. The quantitative estimate of drug-likeness (QED) is 0.798. The molecule has 1 aromatic heterocycles. The molecule has 1 heterocycles. The summed E-state index contributed by atoms with van der Waals surface area (Å²) in [6.07, 6.45) is 3.08. The standard InChI is InChI=1S/C17H20N2O4/c1-11-17(21)14(13(10-20)8-19-11)9-18-7-12-4-5-15(22-2)16(6-12)23-3/h4-6,8-9,20-21H,7,10H2,1-3H3. The predicted molar refractivity (Wildman–Crippen MR) is 87.4 cm³/mol. The first kappa shape index (κ1) is 16.8. The molecule has 2 rings (SSSR count). The lowest BCUT2D eigenvalue weighted by Gasteiger charge is -2.09. The highest BCUT2D eigenvalue weighted by Crippen LogP contribution is 2.28. The van der Waals surface area contributed by atoms with E-state index in [0.29, 0.717) is 34.9 Å². The molecule has 0 aliphatic rings. The maximum Gasteiger partial charge on any atom is 0.161 e. The van der Waals surface area contributed by atoms with Crippen molar-refractivity contribution >= 4 is 6.21 Å². The molecule has 0 aliphatic carbocycles. The maximum atomic E-state index is 10.1. The van der Waals surface area contributed by atoms with Crippen molar-refractivity contribution in [1.29, 1.82) is 0 Å². The van der Waals surface area contributed by atoms with E-state index in [1.807, 2.05) is 18.2 Å². The van der Waals surface area contributed by atoms with Crippen molar-refractivity contribution in [2.45, 2.75) is 20.1 Å². The molecule has 0 spiro atoms. The van der Waals surface area contributed by atoms with Gasteiger partial charge in [-0.2, -0.15) is 0 Å². The highest BCUT2D eigenvalue weighted by Gasteiger charge is 2.09. The van der Waals surface area contributed by atoms with Gasteiger partial charge in [0.1, 0.15) is 5.75 Å². The zero-order chi connectivity index (χ0) is 16.8. The molecule has 23 heavy (non-hydrogen) atoms. The average Bonchev–Trinajstić information content (AvgIpc) is 2.58. The third-order valence-corrected chi connectivity index (χ3v) is 3.47. The molecule has 6 heteroatoms. The molecule has 2 N–H and O–H groups in total. The van der Waals surface area contributed by atoms with Crippen molar-refractivity contribution in [3.05, 3.63) is 46.8 Å². The molecule has 0 saturated carbocycles. The zero-order valence-electron chi connectivity index (χ0n) is 13.4. The Morgan fingerprint density at radius 2 is 1.96 bits per heavy atom. The molecule has 0 saturated heterocycles. The number of methoxy groups -OCH3 is 2. The van der Waals surface area contributed by atoms with Crippen LogP contribution in [-0.2, 0) is 13.2 Å². The van der Waals surface area contributed by atoms with Crippen molar-refractivity contribution in [2.24, 2.45) is 4.99 Å². The highest BCUT2D eigenvalue weighted by molar-refractivity contribution is 5.85. The van der Waals surface area contributed by atoms with Crippen LogP contribution in [0, 0.1) is 6.92 Å². The minimum absolute atomic E-state index is 0.0348. The van der Waals surface area contributed by atoms with E-state index in [-0.39, 0.29) is 12.4 Å². The Balaban J connectivity index is 2.21. The number of hydrogen-bond acceptors (Lipinski definition) is 6. The number of rotatable bonds is 6. The van der Waals surface area contributed by atoms with E-state index in [0.717, 1.165) is 5.56 Å². The lowest BCUT2D eigenvalue weighted by molar-refractivity contribution is 0.280. The van der Waals surface area contributed by atoms with E-state index in [9.17, 15) is 10.2 Å². The maximum absolute atomic E-state index is 10.1. The van der Waals surface area contributed by atoms with Crippen LogP contribution in [0.3, 0.4) is 0 Å². The summed E-state index contributed by atoms with van der Waals surface area (Å²) < 4.78 is 10.4. The van der Waals surface area contributed by atoms with Crippen molar-refractivity contribution in [1.82, 2.24) is 4.98 Å². The Hall–Kier alpha value is -2.60. The van der Waals surface area contributed by atoms with Crippen LogP contribution in [0.15, 0.2) is 29.4 Å². The van der Waals surface area contributed by atoms with Crippen LogP contribution in [-0.4, -0.2) is 35.6 Å². The molecule has 0 amide bonds. The minimum Gasteiger partial charge on any atom is -0.505 e. The fourth-order valence-electron chi connectivity index (χ4n) is 2.14. The van der Waals surface area contributed by atoms with Crippen molar-refractivity contribution in [3.8, 4) is 17.2 Å². The van der Waals surface area contributed by atoms with Gasteiger partial charge in [0.2, 0.25) is 0 Å². The summed E-state index contributed by atoms with van der Waals surface area (Å²) in [4.78, 5) is 8.35. The largest absolute Gasteiger partial charge is 0.505 e. The van der Waals surface area contributed by atoms with E-state index in [4.69, 9.17) is 9.47 Å². The molecule has 0 aliphatic heterocycles. The van der Waals surface area contributed by atoms with Gasteiger partial charge in [0.15, 0.2) is 11.5 Å². The SMILES string of the molecule is COc1ccc(CN=Cc2c(CO)cnc(C)c2O)cc1OC. The predicted octanol–water partition coefficient (Wildman–Crippen LogP) is 2.22. The van der Waals surface area contributed by atoms with Gasteiger partial charge in [0, 0.05) is 23.5 Å². The average molecular weight is 316 g/mol. The monoisotopic (exact) mass is 316 g/mol. The van der Waals surface area contributed by atoms with Crippen LogP contribution in [0.4, 0.5) is 0 Å². The van der Waals surface area contributed by atoms with E-state index in [1.165, 1.54) is 6.20 Å². The number of aromatic nitrogens is 1. The van der Waals surface area contributed by atoms with Gasteiger partial charge in [-0.05, 0) is 24.6 Å². The highest BCUT2D eigenvalue weighted by atomic mass is 16.5. The van der Waals surface area contributed by atoms with Crippen LogP contribution in [0.25, 0.3) is 0 Å². The van der Waals surface area contributed by atoms with Crippen molar-refractivity contribution < 1.29 is 19.7 Å². The lowest BCUT2D eigenvalue weighted by Crippen LogP contribution is -1.98. The van der Waals surface area contributed by atoms with Crippen LogP contribution in [0.1, 0.15) is 22.4 Å². The Morgan fingerprint density at radius 3 is 2.61 bits per heavy atom. The molecule has 122 valence electrons. The molecule has 2 aromatic rings. The summed E-state index contributed by atoms with van der Waals surface area (Å²) in [5, 5.41) is 19.4. The van der Waals surface area contributed by atoms with Crippen molar-refractivity contribution in [2.75, 3.05) is 14.2 Å². The van der Waals surface area contributed by atoms with E-state index >= 15 is 0 Å². The topological polar surface area (TPSA) is 84.2 Å². The third-order valence-electron chi connectivity index (χ3n) is 3.47. The Bertz CT molecular complexity index is 714. The van der Waals surface area contributed by atoms with Gasteiger partial charge >= 0.3 is 0 Å². The number of hydrogen-bond donors (Lipinski definition) is 2. The number of aliphatic hydroxyl groups excluding tert-OH is 1. The second-order valence-corrected chi connectivity index (χ2v) is 4.95. The number of nitrogens with zero attached hydrogens (tertiary/aromatic N) is 2. The first-order valence-corrected chi connectivity index (χ1v) is 7.09. The number of benzene rings is 1. The summed E-state index contributed by atoms with van der Waals surface area (Å²) in [6.45, 7) is 1.90. The summed E-state index contributed by atoms with van der Waals surface area (Å²) in [6, 6.07) is 5.56. The Labute approximate surface area is 135 Å². The van der Waals surface area contributed by atoms with Crippen LogP contribution in [0.5, 0.6) is 17.2 Å². The molecular weight excluding hydrogens is 296 g/mol. The third kappa shape index (κ3) is 3.78. The normalized spacial score (nSPS) is 11.0. The molecule has 0 bridgehead atoms. The molecule has 1 aromatic carbocycles. The van der Waals surface area contributed by atoms with Gasteiger partial charge in [0.05, 0.1) is 33.1 Å². The van der Waals surface area contributed by atoms with Crippen molar-refractivity contribution in [3.63, 3.8) is 0 Å². The van der Waals surface area contributed by atoms with Crippen LogP contribution >= 0.6 is 0 Å².